The third-order valence-electron chi connectivity index (χ3n) is 4.55. The van der Waals surface area contributed by atoms with Crippen molar-refractivity contribution in [3.8, 4) is 11.8 Å². The predicted octanol–water partition coefficient (Wildman–Crippen LogP) is 4.78. The first-order valence-electron chi connectivity index (χ1n) is 9.09. The van der Waals surface area contributed by atoms with Gasteiger partial charge in [0, 0.05) is 24.2 Å². The summed E-state index contributed by atoms with van der Waals surface area (Å²) in [6.45, 7) is 0.330. The Labute approximate surface area is 162 Å². The Bertz CT molecular complexity index is 1250. The summed E-state index contributed by atoms with van der Waals surface area (Å²) in [6.07, 6.45) is 2.50. The van der Waals surface area contributed by atoms with Gasteiger partial charge in [0.1, 0.15) is 5.82 Å². The van der Waals surface area contributed by atoms with Crippen LogP contribution in [0, 0.1) is 17.7 Å². The van der Waals surface area contributed by atoms with Gasteiger partial charge in [-0.1, -0.05) is 60.4 Å². The number of aromatic nitrogens is 1. The molecule has 0 amide bonds. The minimum Gasteiger partial charge on any atom is -0.310 e. The molecule has 0 aliphatic carbocycles. The van der Waals surface area contributed by atoms with Crippen LogP contribution in [0.4, 0.5) is 4.39 Å². The Balaban J connectivity index is 1.61. The molecule has 0 atom stereocenters. The van der Waals surface area contributed by atoms with Crippen molar-refractivity contribution < 1.29 is 4.39 Å². The number of pyridine rings is 1. The standard InChI is InChI=1S/C25H18FNO/c26-24-11-5-10-21(15-24)17-27-18-23-14-20(12-13-22(23)16-25(27)28)9-4-8-19-6-2-1-3-7-19/h1-3,5-7,10-16,18H,8,17H2. The lowest BCUT2D eigenvalue weighted by atomic mass is 10.1. The van der Waals surface area contributed by atoms with Gasteiger partial charge < -0.3 is 4.57 Å². The molecular weight excluding hydrogens is 349 g/mol. The van der Waals surface area contributed by atoms with Gasteiger partial charge in [-0.3, -0.25) is 4.79 Å². The Morgan fingerprint density at radius 3 is 2.46 bits per heavy atom. The van der Waals surface area contributed by atoms with Gasteiger partial charge in [-0.25, -0.2) is 4.39 Å². The van der Waals surface area contributed by atoms with E-state index in [0.717, 1.165) is 21.9 Å². The molecule has 0 saturated carbocycles. The number of hydrogen-bond acceptors (Lipinski definition) is 1. The molecule has 0 saturated heterocycles. The zero-order valence-corrected chi connectivity index (χ0v) is 15.2. The summed E-state index contributed by atoms with van der Waals surface area (Å²) >= 11 is 0. The molecule has 4 aromatic rings. The average Bonchev–Trinajstić information content (AvgIpc) is 2.70. The molecule has 0 radical (unpaired) electrons. The summed E-state index contributed by atoms with van der Waals surface area (Å²) in [5.41, 5.74) is 2.72. The summed E-state index contributed by atoms with van der Waals surface area (Å²) in [7, 11) is 0. The molecule has 1 aromatic heterocycles. The van der Waals surface area contributed by atoms with Gasteiger partial charge in [-0.05, 0) is 46.2 Å². The fourth-order valence-corrected chi connectivity index (χ4v) is 3.14. The van der Waals surface area contributed by atoms with Gasteiger partial charge in [0.25, 0.3) is 5.56 Å². The molecule has 3 aromatic carbocycles. The molecule has 0 aliphatic rings. The zero-order valence-electron chi connectivity index (χ0n) is 15.2. The first kappa shape index (κ1) is 17.8. The number of hydrogen-bond donors (Lipinski definition) is 0. The maximum absolute atomic E-state index is 13.4. The average molecular weight is 367 g/mol. The molecule has 136 valence electrons. The van der Waals surface area contributed by atoms with E-state index < -0.39 is 0 Å². The van der Waals surface area contributed by atoms with Gasteiger partial charge in [-0.15, -0.1) is 0 Å². The molecule has 1 heterocycles. The number of nitrogens with zero attached hydrogens (tertiary/aromatic N) is 1. The van der Waals surface area contributed by atoms with E-state index >= 15 is 0 Å². The monoisotopic (exact) mass is 367 g/mol. The number of rotatable bonds is 3. The number of halogens is 1. The van der Waals surface area contributed by atoms with Crippen LogP contribution in [0.25, 0.3) is 10.8 Å². The van der Waals surface area contributed by atoms with Crippen LogP contribution in [0.2, 0.25) is 0 Å². The zero-order chi connectivity index (χ0) is 19.3. The molecule has 3 heteroatoms. The minimum atomic E-state index is -0.303. The van der Waals surface area contributed by atoms with Crippen molar-refractivity contribution in [2.75, 3.05) is 0 Å². The predicted molar refractivity (Wildman–Crippen MR) is 111 cm³/mol. The SMILES string of the molecule is O=c1cc2ccc(C#CCc3ccccc3)cc2cn1Cc1cccc(F)c1. The normalized spacial score (nSPS) is 10.5. The molecule has 0 N–H and O–H groups in total. The minimum absolute atomic E-state index is 0.111. The van der Waals surface area contributed by atoms with Gasteiger partial charge in [0.05, 0.1) is 6.54 Å². The van der Waals surface area contributed by atoms with Crippen molar-refractivity contribution in [2.45, 2.75) is 13.0 Å². The lowest BCUT2D eigenvalue weighted by molar-refractivity contribution is 0.623. The van der Waals surface area contributed by atoms with E-state index in [2.05, 4.69) is 24.0 Å². The van der Waals surface area contributed by atoms with Gasteiger partial charge >= 0.3 is 0 Å². The van der Waals surface area contributed by atoms with Crippen molar-refractivity contribution in [1.82, 2.24) is 4.57 Å². The summed E-state index contributed by atoms with van der Waals surface area (Å²) < 4.78 is 15.0. The molecule has 0 unspecified atom stereocenters. The largest absolute Gasteiger partial charge is 0.310 e. The highest BCUT2D eigenvalue weighted by atomic mass is 19.1. The summed E-state index contributed by atoms with van der Waals surface area (Å²) in [5, 5.41) is 1.80. The van der Waals surface area contributed by atoms with Crippen LogP contribution in [0.15, 0.2) is 89.9 Å². The van der Waals surface area contributed by atoms with Crippen LogP contribution in [-0.4, -0.2) is 4.57 Å². The fraction of sp³-hybridized carbons (Fsp3) is 0.0800. The van der Waals surface area contributed by atoms with Crippen LogP contribution in [0.3, 0.4) is 0 Å². The lowest BCUT2D eigenvalue weighted by Gasteiger charge is -2.08. The van der Waals surface area contributed by atoms with Crippen LogP contribution in [0.1, 0.15) is 16.7 Å². The van der Waals surface area contributed by atoms with Crippen LogP contribution in [0.5, 0.6) is 0 Å². The van der Waals surface area contributed by atoms with Crippen LogP contribution >= 0.6 is 0 Å². The van der Waals surface area contributed by atoms with Crippen molar-refractivity contribution >= 4 is 10.8 Å². The lowest BCUT2D eigenvalue weighted by Crippen LogP contribution is -2.19. The van der Waals surface area contributed by atoms with Gasteiger partial charge in [0.15, 0.2) is 0 Å². The molecular formula is C25H18FNO. The summed E-state index contributed by atoms with van der Waals surface area (Å²) in [6, 6.07) is 23.8. The third kappa shape index (κ3) is 4.19. The Morgan fingerprint density at radius 2 is 1.64 bits per heavy atom. The molecule has 0 aliphatic heterocycles. The van der Waals surface area contributed by atoms with E-state index in [9.17, 15) is 9.18 Å². The molecule has 0 spiro atoms. The van der Waals surface area contributed by atoms with Gasteiger partial charge in [-0.2, -0.15) is 0 Å². The second kappa shape index (κ2) is 7.94. The maximum Gasteiger partial charge on any atom is 0.251 e. The second-order valence-electron chi connectivity index (χ2n) is 6.68. The second-order valence-corrected chi connectivity index (χ2v) is 6.68. The third-order valence-corrected chi connectivity index (χ3v) is 4.55. The van der Waals surface area contributed by atoms with E-state index in [1.807, 2.05) is 48.7 Å². The van der Waals surface area contributed by atoms with Crippen molar-refractivity contribution in [3.63, 3.8) is 0 Å². The number of fused-ring (bicyclic) bond motifs is 1. The van der Waals surface area contributed by atoms with E-state index in [1.165, 1.54) is 17.7 Å². The van der Waals surface area contributed by atoms with E-state index in [1.54, 1.807) is 16.7 Å². The summed E-state index contributed by atoms with van der Waals surface area (Å²) in [4.78, 5) is 12.4. The van der Waals surface area contributed by atoms with Crippen molar-refractivity contribution in [2.24, 2.45) is 0 Å². The quantitative estimate of drug-likeness (QED) is 0.478. The molecule has 28 heavy (non-hydrogen) atoms. The first-order valence-corrected chi connectivity index (χ1v) is 9.09. The molecule has 4 rings (SSSR count). The fourth-order valence-electron chi connectivity index (χ4n) is 3.14. The summed E-state index contributed by atoms with van der Waals surface area (Å²) in [5.74, 6) is 6.08. The maximum atomic E-state index is 13.4. The highest BCUT2D eigenvalue weighted by molar-refractivity contribution is 5.83. The number of benzene rings is 3. The molecule has 0 fully saturated rings. The topological polar surface area (TPSA) is 22.0 Å². The van der Waals surface area contributed by atoms with Crippen LogP contribution < -0.4 is 5.56 Å². The van der Waals surface area contributed by atoms with Crippen LogP contribution in [-0.2, 0) is 13.0 Å². The Morgan fingerprint density at radius 1 is 0.821 bits per heavy atom. The van der Waals surface area contributed by atoms with E-state index in [-0.39, 0.29) is 11.4 Å². The van der Waals surface area contributed by atoms with E-state index in [4.69, 9.17) is 0 Å². The first-order chi connectivity index (χ1) is 13.7. The van der Waals surface area contributed by atoms with Crippen molar-refractivity contribution in [1.29, 1.82) is 0 Å². The highest BCUT2D eigenvalue weighted by Gasteiger charge is 2.03. The highest BCUT2D eigenvalue weighted by Crippen LogP contribution is 2.15. The smallest absolute Gasteiger partial charge is 0.251 e. The Kier molecular flexibility index (Phi) is 5.03. The van der Waals surface area contributed by atoms with E-state index in [0.29, 0.717) is 13.0 Å². The van der Waals surface area contributed by atoms with Gasteiger partial charge in [0.2, 0.25) is 0 Å². The molecule has 0 bridgehead atoms. The Hall–Kier alpha value is -3.64. The molecule has 2 nitrogen and oxygen atoms in total. The van der Waals surface area contributed by atoms with Crippen molar-refractivity contribution in [3.05, 3.63) is 118 Å².